The number of nitrogens with zero attached hydrogens (tertiary/aromatic N) is 1. The largest absolute Gasteiger partial charge is 0.357 e. The molecular weight excluding hydrogens is 458 g/mol. The number of para-hydroxylation sites is 3. The van der Waals surface area contributed by atoms with Crippen molar-refractivity contribution < 1.29 is 9.59 Å². The Morgan fingerprint density at radius 1 is 1.00 bits per heavy atom. The number of halogens is 1. The quantitative estimate of drug-likeness (QED) is 0.437. The number of nitrogens with one attached hydrogen (secondary N) is 2. The standard InChI is InChI=1S/C29H28ClN3O2/c1-29(2)16-23-27(25(34)17-29)28(19-10-4-3-5-11-19)33(24-15-9-8-14-22(24)31-23)18-26(35)32-21-13-7-6-12-20(21)30/h3-15,28,31H,16-18H2,1-2H3,(H,32,35)/t28-/m0/s1. The molecule has 5 rings (SSSR count). The predicted octanol–water partition coefficient (Wildman–Crippen LogP) is 6.60. The summed E-state index contributed by atoms with van der Waals surface area (Å²) in [5, 5.41) is 7.00. The number of anilines is 3. The number of rotatable bonds is 4. The lowest BCUT2D eigenvalue weighted by molar-refractivity contribution is -0.119. The zero-order chi connectivity index (χ0) is 24.6. The van der Waals surface area contributed by atoms with Crippen molar-refractivity contribution in [3.05, 3.63) is 101 Å². The van der Waals surface area contributed by atoms with Crippen LogP contribution in [0.4, 0.5) is 17.1 Å². The first-order valence-electron chi connectivity index (χ1n) is 11.8. The van der Waals surface area contributed by atoms with Crippen LogP contribution >= 0.6 is 11.6 Å². The molecule has 0 bridgehead atoms. The molecule has 1 atom stereocenters. The highest BCUT2D eigenvalue weighted by Gasteiger charge is 2.41. The summed E-state index contributed by atoms with van der Waals surface area (Å²) >= 11 is 6.29. The number of hydrogen-bond acceptors (Lipinski definition) is 4. The average Bonchev–Trinajstić information content (AvgIpc) is 2.95. The van der Waals surface area contributed by atoms with Crippen LogP contribution < -0.4 is 15.5 Å². The van der Waals surface area contributed by atoms with E-state index in [-0.39, 0.29) is 23.7 Å². The second-order valence-corrected chi connectivity index (χ2v) is 10.4. The summed E-state index contributed by atoms with van der Waals surface area (Å²) in [6.07, 6.45) is 1.22. The van der Waals surface area contributed by atoms with Gasteiger partial charge in [-0.2, -0.15) is 0 Å². The number of fused-ring (bicyclic) bond motifs is 1. The lowest BCUT2D eigenvalue weighted by Gasteiger charge is -2.37. The molecule has 1 aliphatic heterocycles. The van der Waals surface area contributed by atoms with Gasteiger partial charge in [0, 0.05) is 17.7 Å². The molecule has 3 aromatic rings. The third-order valence-corrected chi connectivity index (χ3v) is 6.91. The Labute approximate surface area is 210 Å². The molecule has 0 spiro atoms. The molecule has 0 fully saturated rings. The van der Waals surface area contributed by atoms with E-state index >= 15 is 0 Å². The van der Waals surface area contributed by atoms with Crippen LogP contribution in [0, 0.1) is 5.41 Å². The molecule has 1 amide bonds. The van der Waals surface area contributed by atoms with Gasteiger partial charge in [-0.05, 0) is 41.7 Å². The molecule has 178 valence electrons. The van der Waals surface area contributed by atoms with Gasteiger partial charge in [-0.1, -0.05) is 80.0 Å². The van der Waals surface area contributed by atoms with Crippen LogP contribution in [0.3, 0.4) is 0 Å². The van der Waals surface area contributed by atoms with Crippen molar-refractivity contribution in [2.75, 3.05) is 22.1 Å². The molecule has 0 saturated carbocycles. The summed E-state index contributed by atoms with van der Waals surface area (Å²) in [6.45, 7) is 4.30. The van der Waals surface area contributed by atoms with Crippen LogP contribution in [-0.2, 0) is 9.59 Å². The monoisotopic (exact) mass is 485 g/mol. The molecule has 0 saturated heterocycles. The van der Waals surface area contributed by atoms with Gasteiger partial charge in [0.15, 0.2) is 5.78 Å². The van der Waals surface area contributed by atoms with Crippen molar-refractivity contribution >= 4 is 40.4 Å². The van der Waals surface area contributed by atoms with Crippen molar-refractivity contribution in [3.8, 4) is 0 Å². The SMILES string of the molecule is CC1(C)CC(=O)C2=C(C1)Nc1ccccc1N(CC(=O)Nc1ccccc1Cl)[C@H]2c1ccccc1. The van der Waals surface area contributed by atoms with Gasteiger partial charge in [-0.3, -0.25) is 9.59 Å². The van der Waals surface area contributed by atoms with Crippen LogP contribution in [0.25, 0.3) is 0 Å². The molecule has 2 aliphatic rings. The Kier molecular flexibility index (Phi) is 6.12. The molecular formula is C29H28ClN3O2. The Bertz CT molecular complexity index is 1320. The number of carbonyl (C=O) groups excluding carboxylic acids is 2. The van der Waals surface area contributed by atoms with Crippen molar-refractivity contribution in [2.45, 2.75) is 32.7 Å². The van der Waals surface area contributed by atoms with E-state index in [1.165, 1.54) is 0 Å². The highest BCUT2D eigenvalue weighted by molar-refractivity contribution is 6.33. The third-order valence-electron chi connectivity index (χ3n) is 6.58. The van der Waals surface area contributed by atoms with Crippen LogP contribution in [0.5, 0.6) is 0 Å². The highest BCUT2D eigenvalue weighted by Crippen LogP contribution is 2.48. The topological polar surface area (TPSA) is 61.4 Å². The fourth-order valence-electron chi connectivity index (χ4n) is 5.12. The number of Topliss-reactive ketones (excluding diaryl/α,β-unsaturated/α-hetero) is 1. The summed E-state index contributed by atoms with van der Waals surface area (Å²) in [7, 11) is 0. The minimum Gasteiger partial charge on any atom is -0.357 e. The average molecular weight is 486 g/mol. The molecule has 3 aromatic carbocycles. The molecule has 5 nitrogen and oxygen atoms in total. The second-order valence-electron chi connectivity index (χ2n) is 9.94. The molecule has 0 unspecified atom stereocenters. The number of benzene rings is 3. The van der Waals surface area contributed by atoms with E-state index in [9.17, 15) is 9.59 Å². The Morgan fingerprint density at radius 2 is 1.69 bits per heavy atom. The van der Waals surface area contributed by atoms with Gasteiger partial charge in [-0.25, -0.2) is 0 Å². The second kappa shape index (κ2) is 9.23. The van der Waals surface area contributed by atoms with E-state index < -0.39 is 6.04 Å². The number of ketones is 1. The maximum Gasteiger partial charge on any atom is 0.243 e. The van der Waals surface area contributed by atoms with Crippen molar-refractivity contribution in [2.24, 2.45) is 5.41 Å². The van der Waals surface area contributed by atoms with Gasteiger partial charge < -0.3 is 15.5 Å². The summed E-state index contributed by atoms with van der Waals surface area (Å²) in [4.78, 5) is 29.0. The smallest absolute Gasteiger partial charge is 0.243 e. The van der Waals surface area contributed by atoms with E-state index in [0.717, 1.165) is 34.6 Å². The van der Waals surface area contributed by atoms with E-state index in [4.69, 9.17) is 11.6 Å². The summed E-state index contributed by atoms with van der Waals surface area (Å²) in [6, 6.07) is 24.6. The molecule has 1 aliphatic carbocycles. The highest BCUT2D eigenvalue weighted by atomic mass is 35.5. The Morgan fingerprint density at radius 3 is 2.46 bits per heavy atom. The minimum absolute atomic E-state index is 0.0525. The first-order valence-corrected chi connectivity index (χ1v) is 12.2. The molecule has 6 heteroatoms. The number of allylic oxidation sites excluding steroid dienone is 1. The lowest BCUT2D eigenvalue weighted by Crippen LogP contribution is -2.40. The van der Waals surface area contributed by atoms with Gasteiger partial charge in [0.1, 0.15) is 0 Å². The zero-order valence-electron chi connectivity index (χ0n) is 19.8. The van der Waals surface area contributed by atoms with Gasteiger partial charge in [0.2, 0.25) is 5.91 Å². The maximum atomic E-state index is 13.7. The zero-order valence-corrected chi connectivity index (χ0v) is 20.6. The van der Waals surface area contributed by atoms with Gasteiger partial charge in [0.05, 0.1) is 34.7 Å². The van der Waals surface area contributed by atoms with Crippen LogP contribution in [-0.4, -0.2) is 18.2 Å². The van der Waals surface area contributed by atoms with E-state index in [1.54, 1.807) is 12.1 Å². The maximum absolute atomic E-state index is 13.7. The van der Waals surface area contributed by atoms with E-state index in [2.05, 4.69) is 24.5 Å². The molecule has 2 N–H and O–H groups in total. The summed E-state index contributed by atoms with van der Waals surface area (Å²) in [5.41, 5.74) is 4.81. The van der Waals surface area contributed by atoms with Crippen LogP contribution in [0.2, 0.25) is 5.02 Å². The number of amides is 1. The Balaban J connectivity index is 1.63. The van der Waals surface area contributed by atoms with E-state index in [0.29, 0.717) is 17.1 Å². The first kappa shape index (κ1) is 23.2. The molecule has 35 heavy (non-hydrogen) atoms. The van der Waals surface area contributed by atoms with Crippen LogP contribution in [0.1, 0.15) is 38.3 Å². The third kappa shape index (κ3) is 4.69. The van der Waals surface area contributed by atoms with Gasteiger partial charge in [-0.15, -0.1) is 0 Å². The fourth-order valence-corrected chi connectivity index (χ4v) is 5.30. The fraction of sp³-hybridized carbons (Fsp3) is 0.241. The summed E-state index contributed by atoms with van der Waals surface area (Å²) < 4.78 is 0. The lowest BCUT2D eigenvalue weighted by atomic mass is 9.73. The van der Waals surface area contributed by atoms with E-state index in [1.807, 2.05) is 71.6 Å². The Hall–Kier alpha value is -3.57. The first-order chi connectivity index (χ1) is 16.8. The van der Waals surface area contributed by atoms with Gasteiger partial charge in [0.25, 0.3) is 0 Å². The van der Waals surface area contributed by atoms with Crippen molar-refractivity contribution in [3.63, 3.8) is 0 Å². The van der Waals surface area contributed by atoms with Crippen molar-refractivity contribution in [1.82, 2.24) is 0 Å². The minimum atomic E-state index is -0.400. The summed E-state index contributed by atoms with van der Waals surface area (Å²) in [5.74, 6) is -0.0941. The normalized spacial score (nSPS) is 18.8. The van der Waals surface area contributed by atoms with Crippen LogP contribution in [0.15, 0.2) is 90.1 Å². The number of carbonyl (C=O) groups is 2. The molecule has 0 aromatic heterocycles. The molecule has 1 heterocycles. The van der Waals surface area contributed by atoms with Crippen molar-refractivity contribution in [1.29, 1.82) is 0 Å². The molecule has 0 radical (unpaired) electrons. The van der Waals surface area contributed by atoms with Gasteiger partial charge >= 0.3 is 0 Å². The number of hydrogen-bond donors (Lipinski definition) is 2. The predicted molar refractivity (Wildman–Crippen MR) is 142 cm³/mol.